The average molecular weight is 340 g/mol. The Morgan fingerprint density at radius 3 is 2.16 bits per heavy atom. The van der Waals surface area contributed by atoms with Gasteiger partial charge in [-0.15, -0.1) is 0 Å². The molecule has 2 N–H and O–H groups in total. The number of carbonyl (C=O) groups excluding carboxylic acids is 1. The van der Waals surface area contributed by atoms with E-state index in [0.717, 1.165) is 12.1 Å². The van der Waals surface area contributed by atoms with Gasteiger partial charge in [0.1, 0.15) is 11.5 Å². The molecule has 0 fully saturated rings. The Morgan fingerprint density at radius 2 is 1.68 bits per heavy atom. The first-order valence-corrected chi connectivity index (χ1v) is 8.94. The quantitative estimate of drug-likeness (QED) is 0.772. The molecule has 25 heavy (non-hydrogen) atoms. The van der Waals surface area contributed by atoms with Gasteiger partial charge in [0.25, 0.3) is 5.91 Å². The molecule has 0 radical (unpaired) electrons. The van der Waals surface area contributed by atoms with E-state index in [0.29, 0.717) is 29.9 Å². The molecule has 1 aromatic carbocycles. The molecule has 1 aromatic heterocycles. The monoisotopic (exact) mass is 340 g/mol. The summed E-state index contributed by atoms with van der Waals surface area (Å²) >= 11 is 0. The predicted octanol–water partition coefficient (Wildman–Crippen LogP) is 4.61. The molecule has 5 nitrogen and oxygen atoms in total. The van der Waals surface area contributed by atoms with Crippen molar-refractivity contribution in [3.8, 4) is 0 Å². The number of rotatable bonds is 7. The second-order valence-corrected chi connectivity index (χ2v) is 6.79. The molecule has 0 unspecified atom stereocenters. The zero-order chi connectivity index (χ0) is 18.4. The van der Waals surface area contributed by atoms with E-state index in [-0.39, 0.29) is 5.91 Å². The molecule has 0 saturated carbocycles. The minimum atomic E-state index is -0.189. The van der Waals surface area contributed by atoms with Crippen LogP contribution in [0, 0.1) is 0 Å². The van der Waals surface area contributed by atoms with E-state index in [1.165, 1.54) is 17.3 Å². The minimum Gasteiger partial charge on any atom is -0.351 e. The Morgan fingerprint density at radius 1 is 1.04 bits per heavy atom. The topological polar surface area (TPSA) is 66.9 Å². The summed E-state index contributed by atoms with van der Waals surface area (Å²) in [5.41, 5.74) is 3.92. The molecule has 1 heterocycles. The molecule has 2 aromatic rings. The van der Waals surface area contributed by atoms with E-state index in [2.05, 4.69) is 66.5 Å². The molecule has 0 aliphatic carbocycles. The van der Waals surface area contributed by atoms with Gasteiger partial charge in [0.2, 0.25) is 0 Å². The maximum atomic E-state index is 11.9. The highest BCUT2D eigenvalue weighted by Gasteiger charge is 2.15. The van der Waals surface area contributed by atoms with Crippen LogP contribution >= 0.6 is 0 Å². The van der Waals surface area contributed by atoms with Gasteiger partial charge in [-0.2, -0.15) is 0 Å². The average Bonchev–Trinajstić information content (AvgIpc) is 2.60. The number of anilines is 2. The van der Waals surface area contributed by atoms with Crippen LogP contribution in [-0.4, -0.2) is 22.4 Å². The summed E-state index contributed by atoms with van der Waals surface area (Å²) in [5, 5.41) is 6.21. The summed E-state index contributed by atoms with van der Waals surface area (Å²) in [5.74, 6) is 1.25. The Labute approximate surface area is 150 Å². The zero-order valence-electron chi connectivity index (χ0n) is 15.8. The van der Waals surface area contributed by atoms with Crippen molar-refractivity contribution in [2.24, 2.45) is 0 Å². The second-order valence-electron chi connectivity index (χ2n) is 6.79. The molecular formula is C20H28N4O. The summed E-state index contributed by atoms with van der Waals surface area (Å²) in [4.78, 5) is 20.5. The Hall–Kier alpha value is -2.43. The number of amides is 1. The number of hydrogen-bond acceptors (Lipinski definition) is 4. The fourth-order valence-corrected chi connectivity index (χ4v) is 2.66. The van der Waals surface area contributed by atoms with E-state index < -0.39 is 0 Å². The summed E-state index contributed by atoms with van der Waals surface area (Å²) in [7, 11) is 0. The van der Waals surface area contributed by atoms with Gasteiger partial charge >= 0.3 is 0 Å². The van der Waals surface area contributed by atoms with Crippen LogP contribution in [0.2, 0.25) is 0 Å². The summed E-state index contributed by atoms with van der Waals surface area (Å²) in [6.07, 6.45) is 4.02. The van der Waals surface area contributed by atoms with Gasteiger partial charge < -0.3 is 10.6 Å². The summed E-state index contributed by atoms with van der Waals surface area (Å²) in [6, 6.07) is 6.38. The summed E-state index contributed by atoms with van der Waals surface area (Å²) < 4.78 is 0. The van der Waals surface area contributed by atoms with Crippen molar-refractivity contribution in [3.63, 3.8) is 0 Å². The largest absolute Gasteiger partial charge is 0.351 e. The molecule has 5 heteroatoms. The number of benzene rings is 1. The smallest absolute Gasteiger partial charge is 0.271 e. The van der Waals surface area contributed by atoms with Gasteiger partial charge in [0, 0.05) is 12.2 Å². The molecule has 0 atom stereocenters. The van der Waals surface area contributed by atoms with Crippen molar-refractivity contribution in [1.29, 1.82) is 0 Å². The van der Waals surface area contributed by atoms with E-state index >= 15 is 0 Å². The lowest BCUT2D eigenvalue weighted by atomic mass is 9.92. The van der Waals surface area contributed by atoms with Crippen molar-refractivity contribution in [2.75, 3.05) is 11.9 Å². The molecule has 0 saturated heterocycles. The SMILES string of the molecule is CCCNC(=O)c1cnc(Nc2c(C(C)C)cccc2C(C)C)cn1. The van der Waals surface area contributed by atoms with E-state index in [9.17, 15) is 4.79 Å². The van der Waals surface area contributed by atoms with Crippen molar-refractivity contribution >= 4 is 17.4 Å². The van der Waals surface area contributed by atoms with Gasteiger partial charge in [0.05, 0.1) is 12.4 Å². The standard InChI is InChI=1S/C20H28N4O/c1-6-10-21-20(25)17-11-23-18(12-22-17)24-19-15(13(2)3)8-7-9-16(19)14(4)5/h7-9,11-14H,6,10H2,1-5H3,(H,21,25)(H,23,24). The fourth-order valence-electron chi connectivity index (χ4n) is 2.66. The molecule has 134 valence electrons. The second kappa shape index (κ2) is 8.60. The highest BCUT2D eigenvalue weighted by Crippen LogP contribution is 2.33. The fraction of sp³-hybridized carbons (Fsp3) is 0.450. The van der Waals surface area contributed by atoms with Crippen molar-refractivity contribution in [2.45, 2.75) is 52.9 Å². The Balaban J connectivity index is 2.26. The third-order valence-corrected chi connectivity index (χ3v) is 4.05. The van der Waals surface area contributed by atoms with Crippen LogP contribution in [0.5, 0.6) is 0 Å². The number of carbonyl (C=O) groups is 1. The number of nitrogens with zero attached hydrogens (tertiary/aromatic N) is 2. The predicted molar refractivity (Wildman–Crippen MR) is 103 cm³/mol. The van der Waals surface area contributed by atoms with Gasteiger partial charge in [-0.3, -0.25) is 4.79 Å². The molecule has 0 spiro atoms. The van der Waals surface area contributed by atoms with Crippen molar-refractivity contribution in [3.05, 3.63) is 47.4 Å². The van der Waals surface area contributed by atoms with E-state index in [4.69, 9.17) is 0 Å². The van der Waals surface area contributed by atoms with Crippen LogP contribution in [0.3, 0.4) is 0 Å². The Bertz CT molecular complexity index is 682. The number of para-hydroxylation sites is 1. The lowest BCUT2D eigenvalue weighted by Gasteiger charge is -2.20. The highest BCUT2D eigenvalue weighted by atomic mass is 16.1. The maximum absolute atomic E-state index is 11.9. The molecule has 2 rings (SSSR count). The van der Waals surface area contributed by atoms with Crippen LogP contribution in [0.4, 0.5) is 11.5 Å². The van der Waals surface area contributed by atoms with Crippen molar-refractivity contribution < 1.29 is 4.79 Å². The van der Waals surface area contributed by atoms with Crippen LogP contribution in [0.25, 0.3) is 0 Å². The van der Waals surface area contributed by atoms with Crippen LogP contribution in [0.1, 0.15) is 74.5 Å². The highest BCUT2D eigenvalue weighted by molar-refractivity contribution is 5.92. The van der Waals surface area contributed by atoms with Gasteiger partial charge in [-0.1, -0.05) is 52.8 Å². The van der Waals surface area contributed by atoms with Gasteiger partial charge in [-0.25, -0.2) is 9.97 Å². The van der Waals surface area contributed by atoms with Gasteiger partial charge in [0.15, 0.2) is 0 Å². The lowest BCUT2D eigenvalue weighted by Crippen LogP contribution is -2.25. The maximum Gasteiger partial charge on any atom is 0.271 e. The Kier molecular flexibility index (Phi) is 6.51. The zero-order valence-corrected chi connectivity index (χ0v) is 15.8. The normalized spacial score (nSPS) is 11.0. The minimum absolute atomic E-state index is 0.189. The first-order chi connectivity index (χ1) is 11.9. The third-order valence-electron chi connectivity index (χ3n) is 4.05. The van der Waals surface area contributed by atoms with Crippen molar-refractivity contribution in [1.82, 2.24) is 15.3 Å². The van der Waals surface area contributed by atoms with E-state index in [1.807, 2.05) is 6.92 Å². The number of nitrogens with one attached hydrogen (secondary N) is 2. The molecule has 0 aliphatic rings. The first kappa shape index (κ1) is 18.9. The molecule has 0 bridgehead atoms. The molecule has 0 aliphatic heterocycles. The van der Waals surface area contributed by atoms with E-state index in [1.54, 1.807) is 6.20 Å². The first-order valence-electron chi connectivity index (χ1n) is 8.94. The lowest BCUT2D eigenvalue weighted by molar-refractivity contribution is 0.0948. The molecule has 1 amide bonds. The van der Waals surface area contributed by atoms with Crippen LogP contribution in [0.15, 0.2) is 30.6 Å². The number of aromatic nitrogens is 2. The van der Waals surface area contributed by atoms with Gasteiger partial charge in [-0.05, 0) is 29.4 Å². The van der Waals surface area contributed by atoms with Crippen LogP contribution < -0.4 is 10.6 Å². The third kappa shape index (κ3) is 4.78. The molecular weight excluding hydrogens is 312 g/mol. The number of hydrogen-bond donors (Lipinski definition) is 2. The van der Waals surface area contributed by atoms with Crippen LogP contribution in [-0.2, 0) is 0 Å². The summed E-state index contributed by atoms with van der Waals surface area (Å²) in [6.45, 7) is 11.4.